The molecule has 0 bridgehead atoms. The molecule has 9 heteroatoms. The number of sulfonamides is 1. The zero-order chi connectivity index (χ0) is 13.5. The Bertz CT molecular complexity index is 430. The van der Waals surface area contributed by atoms with E-state index < -0.39 is 37.6 Å². The molecule has 1 amide bonds. The van der Waals surface area contributed by atoms with Crippen LogP contribution >= 0.6 is 11.8 Å². The number of thioether (sulfide) groups is 1. The van der Waals surface area contributed by atoms with Crippen molar-refractivity contribution in [2.24, 2.45) is 10.9 Å². The molecule has 0 saturated carbocycles. The zero-order valence-electron chi connectivity index (χ0n) is 9.57. The normalized spacial score (nSPS) is 38.2. The highest BCUT2D eigenvalue weighted by molar-refractivity contribution is 8.13. The molecule has 100 valence electrons. The number of rotatable bonds is 4. The van der Waals surface area contributed by atoms with Crippen molar-refractivity contribution in [1.82, 2.24) is 5.32 Å². The number of nitrogens with two attached hydrogens (primary N) is 2. The number of carbonyl (C=O) groups is 1. The summed E-state index contributed by atoms with van der Waals surface area (Å²) < 4.78 is 34.1. The number of hydrogen-bond donors (Lipinski definition) is 3. The first kappa shape index (κ1) is 14.7. The third-order valence-corrected chi connectivity index (χ3v) is 6.42. The standard InChI is InChI=1S/C8H16FN3O3S2/c1-7(3-4-9)12-8(2,5(10)13)6(16-7)17(11,14)15/h6,12H,3-4H2,1-2H3,(H2,10,13)(H2,11,14,15). The number of nitrogens with one attached hydrogen (secondary N) is 1. The molecular weight excluding hydrogens is 269 g/mol. The summed E-state index contributed by atoms with van der Waals surface area (Å²) in [6.45, 7) is 2.34. The fourth-order valence-electron chi connectivity index (χ4n) is 1.87. The van der Waals surface area contributed by atoms with Gasteiger partial charge < -0.3 is 5.73 Å². The smallest absolute Gasteiger partial charge is 0.239 e. The van der Waals surface area contributed by atoms with Gasteiger partial charge in [-0.25, -0.2) is 13.6 Å². The summed E-state index contributed by atoms with van der Waals surface area (Å²) in [4.78, 5) is 10.5. The fraction of sp³-hybridized carbons (Fsp3) is 0.875. The Kier molecular flexibility index (Phi) is 3.78. The lowest BCUT2D eigenvalue weighted by atomic mass is 10.0. The van der Waals surface area contributed by atoms with Crippen LogP contribution in [-0.4, -0.2) is 36.0 Å². The average Bonchev–Trinajstić information content (AvgIpc) is 2.39. The summed E-state index contributed by atoms with van der Waals surface area (Å²) in [5.74, 6) is -0.827. The molecule has 1 rings (SSSR count). The quantitative estimate of drug-likeness (QED) is 0.629. The second-order valence-electron chi connectivity index (χ2n) is 4.40. The molecule has 1 saturated heterocycles. The maximum Gasteiger partial charge on any atom is 0.239 e. The van der Waals surface area contributed by atoms with E-state index in [0.29, 0.717) is 0 Å². The summed E-state index contributed by atoms with van der Waals surface area (Å²) in [5.41, 5.74) is 3.71. The van der Waals surface area contributed by atoms with Crippen LogP contribution in [0.1, 0.15) is 20.3 Å². The van der Waals surface area contributed by atoms with Crippen molar-refractivity contribution in [3.05, 3.63) is 0 Å². The zero-order valence-corrected chi connectivity index (χ0v) is 11.2. The predicted molar refractivity (Wildman–Crippen MR) is 64.2 cm³/mol. The van der Waals surface area contributed by atoms with E-state index in [2.05, 4.69) is 5.32 Å². The second-order valence-corrected chi connectivity index (χ2v) is 7.96. The largest absolute Gasteiger partial charge is 0.368 e. The van der Waals surface area contributed by atoms with Gasteiger partial charge in [-0.1, -0.05) is 0 Å². The van der Waals surface area contributed by atoms with Gasteiger partial charge in [0.05, 0.1) is 11.5 Å². The van der Waals surface area contributed by atoms with E-state index in [4.69, 9.17) is 10.9 Å². The molecular formula is C8H16FN3O3S2. The monoisotopic (exact) mass is 285 g/mol. The minimum absolute atomic E-state index is 0.0621. The summed E-state index contributed by atoms with van der Waals surface area (Å²) in [7, 11) is -3.97. The van der Waals surface area contributed by atoms with Crippen LogP contribution in [0, 0.1) is 0 Å². The number of hydrogen-bond acceptors (Lipinski definition) is 5. The number of primary sulfonamides is 1. The van der Waals surface area contributed by atoms with E-state index in [0.717, 1.165) is 11.8 Å². The summed E-state index contributed by atoms with van der Waals surface area (Å²) in [6.07, 6.45) is 0.0621. The maximum absolute atomic E-state index is 12.4. The third kappa shape index (κ3) is 2.72. The molecule has 0 aliphatic carbocycles. The van der Waals surface area contributed by atoms with Gasteiger partial charge in [0.25, 0.3) is 0 Å². The van der Waals surface area contributed by atoms with Gasteiger partial charge in [-0.05, 0) is 13.8 Å². The van der Waals surface area contributed by atoms with Crippen LogP contribution in [0.4, 0.5) is 4.39 Å². The molecule has 3 unspecified atom stereocenters. The first-order valence-electron chi connectivity index (χ1n) is 4.90. The molecule has 0 radical (unpaired) electrons. The van der Waals surface area contributed by atoms with Gasteiger partial charge in [-0.2, -0.15) is 0 Å². The lowest BCUT2D eigenvalue weighted by molar-refractivity contribution is -0.123. The van der Waals surface area contributed by atoms with Gasteiger partial charge in [-0.15, -0.1) is 11.8 Å². The minimum Gasteiger partial charge on any atom is -0.368 e. The number of primary amides is 1. The van der Waals surface area contributed by atoms with Crippen LogP contribution < -0.4 is 16.2 Å². The molecule has 0 aromatic carbocycles. The number of alkyl halides is 1. The van der Waals surface area contributed by atoms with Gasteiger partial charge in [0.1, 0.15) is 10.1 Å². The Morgan fingerprint density at radius 2 is 2.06 bits per heavy atom. The van der Waals surface area contributed by atoms with Gasteiger partial charge in [0.15, 0.2) is 0 Å². The number of amides is 1. The molecule has 1 fully saturated rings. The van der Waals surface area contributed by atoms with Crippen molar-refractivity contribution in [2.75, 3.05) is 6.67 Å². The minimum atomic E-state index is -3.97. The van der Waals surface area contributed by atoms with E-state index in [1.54, 1.807) is 6.92 Å². The molecule has 1 aliphatic heterocycles. The third-order valence-electron chi connectivity index (χ3n) is 2.74. The molecule has 0 aromatic rings. The molecule has 3 atom stereocenters. The summed E-state index contributed by atoms with van der Waals surface area (Å²) >= 11 is 0.915. The average molecular weight is 285 g/mol. The Morgan fingerprint density at radius 1 is 1.53 bits per heavy atom. The van der Waals surface area contributed by atoms with E-state index >= 15 is 0 Å². The van der Waals surface area contributed by atoms with Crippen LogP contribution in [0.15, 0.2) is 0 Å². The summed E-state index contributed by atoms with van der Waals surface area (Å²) in [6, 6.07) is 0. The molecule has 17 heavy (non-hydrogen) atoms. The number of carbonyl (C=O) groups excluding carboxylic acids is 1. The lowest BCUT2D eigenvalue weighted by Crippen LogP contribution is -2.60. The van der Waals surface area contributed by atoms with Gasteiger partial charge in [0, 0.05) is 6.42 Å². The van der Waals surface area contributed by atoms with Crippen LogP contribution in [0.3, 0.4) is 0 Å². The highest BCUT2D eigenvalue weighted by Crippen LogP contribution is 2.45. The molecule has 0 spiro atoms. The molecule has 1 heterocycles. The van der Waals surface area contributed by atoms with E-state index in [1.807, 2.05) is 0 Å². The predicted octanol–water partition coefficient (Wildman–Crippen LogP) is -0.743. The Morgan fingerprint density at radius 3 is 2.35 bits per heavy atom. The molecule has 1 aliphatic rings. The first-order valence-corrected chi connectivity index (χ1v) is 7.39. The molecule has 6 nitrogen and oxygen atoms in total. The van der Waals surface area contributed by atoms with Crippen LogP contribution in [0.25, 0.3) is 0 Å². The lowest BCUT2D eigenvalue weighted by Gasteiger charge is -2.28. The topological polar surface area (TPSA) is 115 Å². The molecule has 0 aromatic heterocycles. The van der Waals surface area contributed by atoms with Crippen molar-refractivity contribution < 1.29 is 17.6 Å². The van der Waals surface area contributed by atoms with Gasteiger partial charge in [0.2, 0.25) is 15.9 Å². The van der Waals surface area contributed by atoms with E-state index in [9.17, 15) is 17.6 Å². The highest BCUT2D eigenvalue weighted by Gasteiger charge is 2.57. The van der Waals surface area contributed by atoms with Crippen molar-refractivity contribution in [3.63, 3.8) is 0 Å². The van der Waals surface area contributed by atoms with Crippen molar-refractivity contribution >= 4 is 27.7 Å². The SMILES string of the molecule is CC1(CCF)NC(C)(C(N)=O)C(S(N)(=O)=O)S1. The number of halogens is 1. The van der Waals surface area contributed by atoms with Crippen molar-refractivity contribution in [1.29, 1.82) is 0 Å². The molecule has 5 N–H and O–H groups in total. The van der Waals surface area contributed by atoms with Crippen LogP contribution in [0.2, 0.25) is 0 Å². The first-order chi connectivity index (χ1) is 7.55. The van der Waals surface area contributed by atoms with Crippen LogP contribution in [0.5, 0.6) is 0 Å². The Labute approximate surface area is 104 Å². The fourth-order valence-corrected chi connectivity index (χ4v) is 5.22. The van der Waals surface area contributed by atoms with E-state index in [-0.39, 0.29) is 6.42 Å². The van der Waals surface area contributed by atoms with Gasteiger partial charge in [-0.3, -0.25) is 14.5 Å². The second kappa shape index (κ2) is 4.38. The van der Waals surface area contributed by atoms with Crippen molar-refractivity contribution in [3.8, 4) is 0 Å². The van der Waals surface area contributed by atoms with E-state index in [1.165, 1.54) is 6.92 Å². The Balaban J connectivity index is 3.17. The summed E-state index contributed by atoms with van der Waals surface area (Å²) in [5, 5.41) is 7.87. The van der Waals surface area contributed by atoms with Crippen LogP contribution in [-0.2, 0) is 14.8 Å². The maximum atomic E-state index is 12.4. The van der Waals surface area contributed by atoms with Gasteiger partial charge >= 0.3 is 0 Å². The Hall–Kier alpha value is -0.380. The highest BCUT2D eigenvalue weighted by atomic mass is 32.3. The van der Waals surface area contributed by atoms with Crippen molar-refractivity contribution in [2.45, 2.75) is 35.3 Å².